The molecule has 0 radical (unpaired) electrons. The normalized spacial score (nSPS) is 17.2. The Balaban J connectivity index is 1.89. The summed E-state index contributed by atoms with van der Waals surface area (Å²) in [5.74, 6) is 0.652. The van der Waals surface area contributed by atoms with E-state index in [1.54, 1.807) is 13.0 Å². The fourth-order valence-electron chi connectivity index (χ4n) is 3.30. The van der Waals surface area contributed by atoms with Crippen molar-refractivity contribution in [3.8, 4) is 0 Å². The van der Waals surface area contributed by atoms with Crippen LogP contribution >= 0.6 is 0 Å². The van der Waals surface area contributed by atoms with E-state index in [2.05, 4.69) is 9.89 Å². The highest BCUT2D eigenvalue weighted by atomic mass is 19.4. The van der Waals surface area contributed by atoms with Gasteiger partial charge in [-0.15, -0.1) is 0 Å². The van der Waals surface area contributed by atoms with E-state index in [0.29, 0.717) is 24.5 Å². The van der Waals surface area contributed by atoms with Crippen LogP contribution in [0.4, 0.5) is 18.9 Å². The lowest BCUT2D eigenvalue weighted by Crippen LogP contribution is -2.31. The summed E-state index contributed by atoms with van der Waals surface area (Å²) < 4.78 is 38.9. The zero-order valence-electron chi connectivity index (χ0n) is 14.6. The Hall–Kier alpha value is -2.50. The molecule has 2 aromatic rings. The lowest BCUT2D eigenvalue weighted by Gasteiger charge is -2.29. The van der Waals surface area contributed by atoms with Gasteiger partial charge in [0.25, 0.3) is 0 Å². The van der Waals surface area contributed by atoms with E-state index < -0.39 is 11.7 Å². The molecule has 2 aromatic carbocycles. The molecule has 1 aliphatic rings. The molecule has 0 unspecified atom stereocenters. The van der Waals surface area contributed by atoms with Gasteiger partial charge in [0.05, 0.1) is 17.4 Å². The number of amidine groups is 1. The number of aryl methyl sites for hydroxylation is 1. The van der Waals surface area contributed by atoms with E-state index in [0.717, 1.165) is 30.2 Å². The second kappa shape index (κ2) is 7.40. The highest BCUT2D eigenvalue weighted by Gasteiger charge is 2.31. The number of nitrogens with zero attached hydrogens (tertiary/aromatic N) is 2. The second-order valence-corrected chi connectivity index (χ2v) is 6.68. The van der Waals surface area contributed by atoms with Crippen molar-refractivity contribution in [1.29, 1.82) is 0 Å². The molecular weight excluding hydrogens is 339 g/mol. The van der Waals surface area contributed by atoms with Crippen LogP contribution in [-0.2, 0) is 12.7 Å². The minimum absolute atomic E-state index is 0.0698. The zero-order chi connectivity index (χ0) is 18.7. The molecule has 1 atom stereocenters. The molecule has 3 nitrogen and oxygen atoms in total. The molecule has 2 N–H and O–H groups in total. The molecular formula is C20H22F3N3. The molecule has 1 aliphatic heterocycles. The Morgan fingerprint density at radius 1 is 1.15 bits per heavy atom. The number of benzene rings is 2. The molecule has 0 aliphatic carbocycles. The molecule has 6 heteroatoms. The van der Waals surface area contributed by atoms with Crippen LogP contribution in [0.15, 0.2) is 53.5 Å². The van der Waals surface area contributed by atoms with Gasteiger partial charge in [0.1, 0.15) is 0 Å². The molecule has 26 heavy (non-hydrogen) atoms. The summed E-state index contributed by atoms with van der Waals surface area (Å²) in [6.45, 7) is 2.95. The number of halogens is 3. The first kappa shape index (κ1) is 18.3. The SMILES string of the molecule is Cc1cc(C(F)(F)F)ccc1N(Cc1ccccc1)C[C@H]1CCC(N)=N1. The molecule has 0 saturated heterocycles. The third-order valence-corrected chi connectivity index (χ3v) is 4.59. The number of anilines is 1. The van der Waals surface area contributed by atoms with Crippen LogP contribution in [0, 0.1) is 6.92 Å². The molecule has 0 saturated carbocycles. The van der Waals surface area contributed by atoms with Crippen molar-refractivity contribution in [2.45, 2.75) is 38.5 Å². The smallest absolute Gasteiger partial charge is 0.387 e. The van der Waals surface area contributed by atoms with E-state index in [9.17, 15) is 13.2 Å². The first-order valence-corrected chi connectivity index (χ1v) is 8.62. The van der Waals surface area contributed by atoms with E-state index in [1.165, 1.54) is 6.07 Å². The van der Waals surface area contributed by atoms with Crippen LogP contribution in [0.3, 0.4) is 0 Å². The number of rotatable bonds is 5. The van der Waals surface area contributed by atoms with Crippen molar-refractivity contribution in [2.24, 2.45) is 10.7 Å². The first-order chi connectivity index (χ1) is 12.3. The Labute approximate surface area is 151 Å². The Kier molecular flexibility index (Phi) is 5.20. The first-order valence-electron chi connectivity index (χ1n) is 8.62. The fourth-order valence-corrected chi connectivity index (χ4v) is 3.30. The standard InChI is InChI=1S/C20H22F3N3/c1-14-11-16(20(21,22)23)7-9-18(14)26(12-15-5-3-2-4-6-15)13-17-8-10-19(24)25-17/h2-7,9,11,17H,8,10,12-13H2,1H3,(H2,24,25)/t17-/m1/s1. The molecule has 3 rings (SSSR count). The van der Waals surface area contributed by atoms with Gasteiger partial charge in [0.2, 0.25) is 0 Å². The van der Waals surface area contributed by atoms with Gasteiger partial charge in [0, 0.05) is 25.2 Å². The average Bonchev–Trinajstić information content (AvgIpc) is 2.99. The topological polar surface area (TPSA) is 41.6 Å². The van der Waals surface area contributed by atoms with E-state index in [4.69, 9.17) is 5.73 Å². The summed E-state index contributed by atoms with van der Waals surface area (Å²) >= 11 is 0. The van der Waals surface area contributed by atoms with Crippen LogP contribution in [0.2, 0.25) is 0 Å². The predicted octanol–water partition coefficient (Wildman–Crippen LogP) is 4.54. The van der Waals surface area contributed by atoms with Gasteiger partial charge >= 0.3 is 6.18 Å². The van der Waals surface area contributed by atoms with Gasteiger partial charge in [0.15, 0.2) is 0 Å². The fraction of sp³-hybridized carbons (Fsp3) is 0.350. The van der Waals surface area contributed by atoms with Gasteiger partial charge in [-0.2, -0.15) is 13.2 Å². The van der Waals surface area contributed by atoms with Crippen LogP contribution in [-0.4, -0.2) is 18.4 Å². The summed E-state index contributed by atoms with van der Waals surface area (Å²) in [5.41, 5.74) is 7.67. The average molecular weight is 361 g/mol. The van der Waals surface area contributed by atoms with Gasteiger partial charge in [-0.25, -0.2) is 0 Å². The van der Waals surface area contributed by atoms with Gasteiger partial charge < -0.3 is 10.6 Å². The summed E-state index contributed by atoms with van der Waals surface area (Å²) in [7, 11) is 0. The third kappa shape index (κ3) is 4.36. The highest BCUT2D eigenvalue weighted by molar-refractivity contribution is 5.82. The number of hydrogen-bond donors (Lipinski definition) is 1. The van der Waals surface area contributed by atoms with E-state index in [1.807, 2.05) is 30.3 Å². The maximum atomic E-state index is 13.0. The Bertz CT molecular complexity index is 785. The van der Waals surface area contributed by atoms with Crippen molar-refractivity contribution in [3.05, 3.63) is 65.2 Å². The lowest BCUT2D eigenvalue weighted by molar-refractivity contribution is -0.137. The molecule has 0 amide bonds. The van der Waals surface area contributed by atoms with Crippen molar-refractivity contribution in [3.63, 3.8) is 0 Å². The van der Waals surface area contributed by atoms with Gasteiger partial charge in [-0.3, -0.25) is 4.99 Å². The summed E-state index contributed by atoms with van der Waals surface area (Å²) in [4.78, 5) is 6.55. The summed E-state index contributed by atoms with van der Waals surface area (Å²) in [6, 6.07) is 13.9. The van der Waals surface area contributed by atoms with Gasteiger partial charge in [-0.1, -0.05) is 30.3 Å². The number of hydrogen-bond acceptors (Lipinski definition) is 3. The molecule has 1 heterocycles. The maximum Gasteiger partial charge on any atom is 0.416 e. The minimum atomic E-state index is -4.34. The number of nitrogens with two attached hydrogens (primary N) is 1. The van der Waals surface area contributed by atoms with Crippen molar-refractivity contribution < 1.29 is 13.2 Å². The van der Waals surface area contributed by atoms with Crippen LogP contribution in [0.25, 0.3) is 0 Å². The summed E-state index contributed by atoms with van der Waals surface area (Å²) in [6.07, 6.45) is -2.69. The van der Waals surface area contributed by atoms with Crippen LogP contribution < -0.4 is 10.6 Å². The van der Waals surface area contributed by atoms with Crippen molar-refractivity contribution in [2.75, 3.05) is 11.4 Å². The third-order valence-electron chi connectivity index (χ3n) is 4.59. The summed E-state index contributed by atoms with van der Waals surface area (Å²) in [5, 5.41) is 0. The predicted molar refractivity (Wildman–Crippen MR) is 98.3 cm³/mol. The maximum absolute atomic E-state index is 13.0. The number of aliphatic imine (C=N–C) groups is 1. The van der Waals surface area contributed by atoms with Gasteiger partial charge in [-0.05, 0) is 42.7 Å². The number of alkyl halides is 3. The quantitative estimate of drug-likeness (QED) is 0.849. The second-order valence-electron chi connectivity index (χ2n) is 6.68. The largest absolute Gasteiger partial charge is 0.416 e. The molecule has 0 spiro atoms. The zero-order valence-corrected chi connectivity index (χ0v) is 14.6. The van der Waals surface area contributed by atoms with Crippen LogP contribution in [0.1, 0.15) is 29.5 Å². The van der Waals surface area contributed by atoms with E-state index >= 15 is 0 Å². The van der Waals surface area contributed by atoms with E-state index in [-0.39, 0.29) is 6.04 Å². The van der Waals surface area contributed by atoms with Crippen LogP contribution in [0.5, 0.6) is 0 Å². The lowest BCUT2D eigenvalue weighted by atomic mass is 10.1. The highest BCUT2D eigenvalue weighted by Crippen LogP contribution is 2.33. The molecule has 0 bridgehead atoms. The molecule has 0 fully saturated rings. The molecule has 138 valence electrons. The van der Waals surface area contributed by atoms with Crippen molar-refractivity contribution >= 4 is 11.5 Å². The minimum Gasteiger partial charge on any atom is -0.387 e. The monoisotopic (exact) mass is 361 g/mol. The van der Waals surface area contributed by atoms with Crippen molar-refractivity contribution in [1.82, 2.24) is 0 Å². The Morgan fingerprint density at radius 2 is 1.88 bits per heavy atom. The molecule has 0 aromatic heterocycles. The Morgan fingerprint density at radius 3 is 2.46 bits per heavy atom.